The van der Waals surface area contributed by atoms with Crippen LogP contribution in [-0.2, 0) is 4.79 Å². The quantitative estimate of drug-likeness (QED) is 0.704. The van der Waals surface area contributed by atoms with Crippen LogP contribution in [0, 0.1) is 5.92 Å². The number of carbonyl (C=O) groups is 1. The molecule has 1 rings (SSSR count). The number of unbranched alkanes of at least 4 members (excludes halogenated alkanes) is 2. The van der Waals surface area contributed by atoms with Crippen LogP contribution in [0.1, 0.15) is 32.6 Å². The fourth-order valence-corrected chi connectivity index (χ4v) is 1.63. The highest BCUT2D eigenvalue weighted by atomic mass is 16.5. The minimum atomic E-state index is -0.767. The van der Waals surface area contributed by atoms with Gasteiger partial charge in [0.25, 0.3) is 0 Å². The van der Waals surface area contributed by atoms with Gasteiger partial charge in [-0.05, 0) is 18.6 Å². The number of carboxylic acid groups (broad SMARTS) is 1. The van der Waals surface area contributed by atoms with E-state index in [4.69, 9.17) is 9.84 Å². The van der Waals surface area contributed by atoms with E-state index in [1.807, 2.05) is 30.3 Å². The molecule has 0 aliphatic heterocycles. The van der Waals surface area contributed by atoms with Crippen molar-refractivity contribution >= 4 is 5.97 Å². The normalized spacial score (nSPS) is 12.1. The molecule has 0 amide bonds. The van der Waals surface area contributed by atoms with Crippen molar-refractivity contribution in [1.29, 1.82) is 0 Å². The van der Waals surface area contributed by atoms with Gasteiger partial charge in [-0.1, -0.05) is 44.4 Å². The van der Waals surface area contributed by atoms with E-state index in [1.54, 1.807) is 0 Å². The van der Waals surface area contributed by atoms with Crippen LogP contribution in [0.3, 0.4) is 0 Å². The molecular weight excluding hydrogens is 216 g/mol. The zero-order valence-electron chi connectivity index (χ0n) is 10.3. The summed E-state index contributed by atoms with van der Waals surface area (Å²) in [7, 11) is 0. The second-order valence-electron chi connectivity index (χ2n) is 4.15. The van der Waals surface area contributed by atoms with Gasteiger partial charge in [-0.3, -0.25) is 4.79 Å². The van der Waals surface area contributed by atoms with Crippen molar-refractivity contribution in [2.75, 3.05) is 6.61 Å². The number of aliphatic carboxylic acids is 1. The molecule has 1 aromatic rings. The molecule has 3 heteroatoms. The van der Waals surface area contributed by atoms with Crippen molar-refractivity contribution in [2.24, 2.45) is 5.92 Å². The highest BCUT2D eigenvalue weighted by Gasteiger charge is 2.17. The molecule has 94 valence electrons. The van der Waals surface area contributed by atoms with Gasteiger partial charge in [-0.15, -0.1) is 0 Å². The summed E-state index contributed by atoms with van der Waals surface area (Å²) in [4.78, 5) is 11.0. The summed E-state index contributed by atoms with van der Waals surface area (Å²) in [6, 6.07) is 9.34. The predicted molar refractivity (Wildman–Crippen MR) is 67.2 cm³/mol. The average molecular weight is 236 g/mol. The smallest absolute Gasteiger partial charge is 0.309 e. The van der Waals surface area contributed by atoms with Crippen molar-refractivity contribution in [3.8, 4) is 5.75 Å². The first kappa shape index (κ1) is 13.6. The Balaban J connectivity index is 2.36. The van der Waals surface area contributed by atoms with Crippen molar-refractivity contribution in [3.05, 3.63) is 30.3 Å². The van der Waals surface area contributed by atoms with Gasteiger partial charge >= 0.3 is 5.97 Å². The molecule has 0 aromatic heterocycles. The Morgan fingerprint density at radius 1 is 1.29 bits per heavy atom. The number of hydrogen-bond donors (Lipinski definition) is 1. The molecule has 0 saturated heterocycles. The maximum Gasteiger partial charge on any atom is 0.309 e. The molecule has 3 nitrogen and oxygen atoms in total. The minimum Gasteiger partial charge on any atom is -0.493 e. The summed E-state index contributed by atoms with van der Waals surface area (Å²) >= 11 is 0. The van der Waals surface area contributed by atoms with Crippen molar-refractivity contribution in [3.63, 3.8) is 0 Å². The summed E-state index contributed by atoms with van der Waals surface area (Å²) < 4.78 is 5.48. The van der Waals surface area contributed by atoms with Crippen LogP contribution in [0.25, 0.3) is 0 Å². The summed E-state index contributed by atoms with van der Waals surface area (Å²) in [5, 5.41) is 9.07. The van der Waals surface area contributed by atoms with E-state index < -0.39 is 11.9 Å². The van der Waals surface area contributed by atoms with Crippen LogP contribution in [0.2, 0.25) is 0 Å². The van der Waals surface area contributed by atoms with Gasteiger partial charge in [-0.2, -0.15) is 0 Å². The minimum absolute atomic E-state index is 0.253. The van der Waals surface area contributed by atoms with Gasteiger partial charge in [0, 0.05) is 0 Å². The van der Waals surface area contributed by atoms with Gasteiger partial charge in [0.05, 0.1) is 5.92 Å². The lowest BCUT2D eigenvalue weighted by Crippen LogP contribution is -2.21. The second-order valence-corrected chi connectivity index (χ2v) is 4.15. The molecule has 0 spiro atoms. The molecule has 0 radical (unpaired) electrons. The molecule has 0 fully saturated rings. The first-order chi connectivity index (χ1) is 8.24. The third-order valence-corrected chi connectivity index (χ3v) is 2.70. The molecule has 0 aliphatic rings. The largest absolute Gasteiger partial charge is 0.493 e. The van der Waals surface area contributed by atoms with E-state index in [0.717, 1.165) is 25.0 Å². The maximum atomic E-state index is 11.0. The molecular formula is C14H20O3. The highest BCUT2D eigenvalue weighted by Crippen LogP contribution is 2.14. The summed E-state index contributed by atoms with van der Waals surface area (Å²) in [6.07, 6.45) is 3.82. The SMILES string of the molecule is CCCCCC(COc1ccccc1)C(=O)O. The first-order valence-electron chi connectivity index (χ1n) is 6.14. The lowest BCUT2D eigenvalue weighted by atomic mass is 10.0. The van der Waals surface area contributed by atoms with Crippen LogP contribution in [0.4, 0.5) is 0 Å². The lowest BCUT2D eigenvalue weighted by molar-refractivity contribution is -0.143. The van der Waals surface area contributed by atoms with Crippen LogP contribution in [-0.4, -0.2) is 17.7 Å². The summed E-state index contributed by atoms with van der Waals surface area (Å²) in [5.74, 6) is -0.437. The molecule has 0 bridgehead atoms. The zero-order chi connectivity index (χ0) is 12.5. The molecule has 1 aromatic carbocycles. The van der Waals surface area contributed by atoms with Crippen LogP contribution in [0.5, 0.6) is 5.75 Å². The maximum absolute atomic E-state index is 11.0. The van der Waals surface area contributed by atoms with Gasteiger partial charge < -0.3 is 9.84 Å². The molecule has 0 saturated carbocycles. The standard InChI is InChI=1S/C14H20O3/c1-2-3-5-8-12(14(15)16)11-17-13-9-6-4-7-10-13/h4,6-7,9-10,12H,2-3,5,8,11H2,1H3,(H,15,16). The summed E-state index contributed by atoms with van der Waals surface area (Å²) in [6.45, 7) is 2.36. The van der Waals surface area contributed by atoms with E-state index in [2.05, 4.69) is 6.92 Å². The van der Waals surface area contributed by atoms with Crippen molar-refractivity contribution in [2.45, 2.75) is 32.6 Å². The fourth-order valence-electron chi connectivity index (χ4n) is 1.63. The van der Waals surface area contributed by atoms with Crippen LogP contribution >= 0.6 is 0 Å². The Morgan fingerprint density at radius 3 is 2.59 bits per heavy atom. The van der Waals surface area contributed by atoms with Crippen LogP contribution < -0.4 is 4.74 Å². The first-order valence-corrected chi connectivity index (χ1v) is 6.14. The topological polar surface area (TPSA) is 46.5 Å². The molecule has 1 atom stereocenters. The van der Waals surface area contributed by atoms with E-state index in [1.165, 1.54) is 0 Å². The summed E-state index contributed by atoms with van der Waals surface area (Å²) in [5.41, 5.74) is 0. The highest BCUT2D eigenvalue weighted by molar-refractivity contribution is 5.70. The Morgan fingerprint density at radius 2 is 2.00 bits per heavy atom. The third kappa shape index (κ3) is 5.38. The van der Waals surface area contributed by atoms with Crippen LogP contribution in [0.15, 0.2) is 30.3 Å². The van der Waals surface area contributed by atoms with Crippen molar-refractivity contribution in [1.82, 2.24) is 0 Å². The predicted octanol–water partition coefficient (Wildman–Crippen LogP) is 3.35. The average Bonchev–Trinajstić information content (AvgIpc) is 2.34. The Kier molecular flexibility index (Phi) is 6.15. The number of rotatable bonds is 8. The zero-order valence-corrected chi connectivity index (χ0v) is 10.3. The van der Waals surface area contributed by atoms with Gasteiger partial charge in [0.2, 0.25) is 0 Å². The number of hydrogen-bond acceptors (Lipinski definition) is 2. The number of benzene rings is 1. The van der Waals surface area contributed by atoms with E-state index in [-0.39, 0.29) is 6.61 Å². The Bertz CT molecular complexity index is 321. The van der Waals surface area contributed by atoms with E-state index in [0.29, 0.717) is 6.42 Å². The number of carboxylic acids is 1. The fraction of sp³-hybridized carbons (Fsp3) is 0.500. The van der Waals surface area contributed by atoms with E-state index >= 15 is 0 Å². The molecule has 17 heavy (non-hydrogen) atoms. The molecule has 0 aliphatic carbocycles. The molecule has 1 N–H and O–H groups in total. The Hall–Kier alpha value is -1.51. The van der Waals surface area contributed by atoms with Gasteiger partial charge in [-0.25, -0.2) is 0 Å². The van der Waals surface area contributed by atoms with Gasteiger partial charge in [0.1, 0.15) is 12.4 Å². The molecule has 0 heterocycles. The Labute approximate surface area is 102 Å². The third-order valence-electron chi connectivity index (χ3n) is 2.70. The van der Waals surface area contributed by atoms with E-state index in [9.17, 15) is 4.79 Å². The molecule has 1 unspecified atom stereocenters. The lowest BCUT2D eigenvalue weighted by Gasteiger charge is -2.13. The monoisotopic (exact) mass is 236 g/mol. The number of para-hydroxylation sites is 1. The second kappa shape index (κ2) is 7.71. The van der Waals surface area contributed by atoms with Gasteiger partial charge in [0.15, 0.2) is 0 Å². The van der Waals surface area contributed by atoms with Crippen molar-refractivity contribution < 1.29 is 14.6 Å². The number of ether oxygens (including phenoxy) is 1.